The van der Waals surface area contributed by atoms with Crippen molar-refractivity contribution in [1.82, 2.24) is 0 Å². The Kier molecular flexibility index (Phi) is 5.24. The molecule has 2 aliphatic rings. The van der Waals surface area contributed by atoms with Crippen LogP contribution in [0.1, 0.15) is 24.2 Å². The molecule has 176 valence electrons. The van der Waals surface area contributed by atoms with Gasteiger partial charge in [-0.05, 0) is 42.5 Å². The second-order valence-corrected chi connectivity index (χ2v) is 9.89. The van der Waals surface area contributed by atoms with E-state index >= 15 is 0 Å². The molecule has 0 aromatic heterocycles. The molecular formula is C24H22N2O7S. The predicted molar refractivity (Wildman–Crippen MR) is 124 cm³/mol. The maximum atomic E-state index is 12.9. The van der Waals surface area contributed by atoms with Gasteiger partial charge in [-0.15, -0.1) is 0 Å². The van der Waals surface area contributed by atoms with E-state index in [4.69, 9.17) is 18.9 Å². The maximum absolute atomic E-state index is 12.9. The van der Waals surface area contributed by atoms with E-state index in [2.05, 4.69) is 10.0 Å². The van der Waals surface area contributed by atoms with E-state index in [1.54, 1.807) is 56.3 Å². The second kappa shape index (κ2) is 8.14. The van der Waals surface area contributed by atoms with Crippen LogP contribution in [0, 0.1) is 0 Å². The summed E-state index contributed by atoms with van der Waals surface area (Å²) in [5.41, 5.74) is 1.04. The number of carbonyl (C=O) groups is 1. The van der Waals surface area contributed by atoms with Crippen LogP contribution in [-0.4, -0.2) is 33.3 Å². The van der Waals surface area contributed by atoms with Crippen LogP contribution in [0.15, 0.2) is 65.6 Å². The molecule has 0 bridgehead atoms. The topological polar surface area (TPSA) is 112 Å². The maximum Gasteiger partial charge on any atom is 0.262 e. The lowest BCUT2D eigenvalue weighted by molar-refractivity contribution is -0.0431. The average molecular weight is 483 g/mol. The quantitative estimate of drug-likeness (QED) is 0.565. The van der Waals surface area contributed by atoms with Crippen LogP contribution in [0.2, 0.25) is 0 Å². The third-order valence-electron chi connectivity index (χ3n) is 5.11. The fourth-order valence-corrected chi connectivity index (χ4v) is 4.70. The first-order chi connectivity index (χ1) is 16.2. The summed E-state index contributed by atoms with van der Waals surface area (Å²) in [4.78, 5) is 12.8. The van der Waals surface area contributed by atoms with Crippen molar-refractivity contribution in [2.45, 2.75) is 24.5 Å². The zero-order valence-corrected chi connectivity index (χ0v) is 19.3. The Balaban J connectivity index is 1.31. The number of nitrogens with one attached hydrogen (secondary N) is 2. The summed E-state index contributed by atoms with van der Waals surface area (Å²) in [5.74, 6) is 0.819. The molecule has 0 aliphatic carbocycles. The van der Waals surface area contributed by atoms with Gasteiger partial charge in [0.25, 0.3) is 15.9 Å². The van der Waals surface area contributed by atoms with Crippen LogP contribution in [-0.2, 0) is 10.0 Å². The van der Waals surface area contributed by atoms with E-state index in [1.807, 2.05) is 0 Å². The number of hydrogen-bond donors (Lipinski definition) is 2. The van der Waals surface area contributed by atoms with E-state index < -0.39 is 21.7 Å². The van der Waals surface area contributed by atoms with Crippen molar-refractivity contribution in [3.8, 4) is 23.0 Å². The molecule has 3 aromatic carbocycles. The smallest absolute Gasteiger partial charge is 0.262 e. The molecule has 0 fully saturated rings. The van der Waals surface area contributed by atoms with E-state index in [0.29, 0.717) is 41.9 Å². The Hall–Kier alpha value is -3.92. The fraction of sp³-hybridized carbons (Fsp3) is 0.208. The SMILES string of the molecule is CC1(C)Oc2ccc(NC(=O)c3cccc(NS(=O)(=O)c4ccc5c(c4)OCCO5)c3)cc2O1. The number of ether oxygens (including phenoxy) is 4. The molecule has 1 amide bonds. The van der Waals surface area contributed by atoms with E-state index in [0.717, 1.165) is 0 Å². The van der Waals surface area contributed by atoms with Gasteiger partial charge in [0, 0.05) is 42.9 Å². The third kappa shape index (κ3) is 4.44. The first kappa shape index (κ1) is 21.9. The molecule has 3 aromatic rings. The summed E-state index contributed by atoms with van der Waals surface area (Å²) in [6.45, 7) is 4.35. The highest BCUT2D eigenvalue weighted by Gasteiger charge is 2.31. The molecule has 9 nitrogen and oxygen atoms in total. The van der Waals surface area contributed by atoms with Gasteiger partial charge < -0.3 is 24.3 Å². The molecule has 2 heterocycles. The number of fused-ring (bicyclic) bond motifs is 2. The number of benzene rings is 3. The van der Waals surface area contributed by atoms with Gasteiger partial charge in [-0.1, -0.05) is 6.07 Å². The number of amides is 1. The van der Waals surface area contributed by atoms with Crippen molar-refractivity contribution in [2.24, 2.45) is 0 Å². The van der Waals surface area contributed by atoms with Crippen LogP contribution in [0.3, 0.4) is 0 Å². The zero-order chi connectivity index (χ0) is 23.9. The lowest BCUT2D eigenvalue weighted by atomic mass is 10.2. The highest BCUT2D eigenvalue weighted by Crippen LogP contribution is 2.40. The van der Waals surface area contributed by atoms with Crippen molar-refractivity contribution in [2.75, 3.05) is 23.3 Å². The van der Waals surface area contributed by atoms with Gasteiger partial charge in [0.1, 0.15) is 13.2 Å². The van der Waals surface area contributed by atoms with Gasteiger partial charge in [0.05, 0.1) is 4.90 Å². The first-order valence-electron chi connectivity index (χ1n) is 10.5. The van der Waals surface area contributed by atoms with Crippen molar-refractivity contribution >= 4 is 27.3 Å². The van der Waals surface area contributed by atoms with Crippen molar-refractivity contribution in [3.05, 3.63) is 66.2 Å². The van der Waals surface area contributed by atoms with Gasteiger partial charge in [-0.3, -0.25) is 9.52 Å². The Bertz CT molecular complexity index is 1390. The summed E-state index contributed by atoms with van der Waals surface area (Å²) in [5, 5.41) is 2.79. The van der Waals surface area contributed by atoms with E-state index in [-0.39, 0.29) is 16.1 Å². The Morgan fingerprint density at radius 3 is 2.38 bits per heavy atom. The van der Waals surface area contributed by atoms with Crippen LogP contribution < -0.4 is 29.0 Å². The normalized spacial score (nSPS) is 15.5. The molecule has 0 unspecified atom stereocenters. The zero-order valence-electron chi connectivity index (χ0n) is 18.5. The van der Waals surface area contributed by atoms with E-state index in [9.17, 15) is 13.2 Å². The largest absolute Gasteiger partial charge is 0.486 e. The summed E-state index contributed by atoms with van der Waals surface area (Å²) in [6.07, 6.45) is 0. The predicted octanol–water partition coefficient (Wildman–Crippen LogP) is 4.02. The molecule has 0 saturated carbocycles. The molecule has 0 radical (unpaired) electrons. The number of rotatable bonds is 5. The minimum atomic E-state index is -3.91. The molecular weight excluding hydrogens is 460 g/mol. The van der Waals surface area contributed by atoms with Crippen LogP contribution in [0.4, 0.5) is 11.4 Å². The van der Waals surface area contributed by atoms with Gasteiger partial charge >= 0.3 is 0 Å². The summed E-state index contributed by atoms with van der Waals surface area (Å²) in [6, 6.07) is 15.7. The number of sulfonamides is 1. The molecule has 5 rings (SSSR count). The highest BCUT2D eigenvalue weighted by molar-refractivity contribution is 7.92. The van der Waals surface area contributed by atoms with Crippen molar-refractivity contribution in [1.29, 1.82) is 0 Å². The van der Waals surface area contributed by atoms with Gasteiger partial charge in [0.2, 0.25) is 5.79 Å². The highest BCUT2D eigenvalue weighted by atomic mass is 32.2. The fourth-order valence-electron chi connectivity index (χ4n) is 3.63. The van der Waals surface area contributed by atoms with Crippen molar-refractivity contribution in [3.63, 3.8) is 0 Å². The number of hydrogen-bond acceptors (Lipinski definition) is 7. The van der Waals surface area contributed by atoms with E-state index in [1.165, 1.54) is 18.2 Å². The molecule has 2 N–H and O–H groups in total. The van der Waals surface area contributed by atoms with Gasteiger partial charge in [-0.2, -0.15) is 0 Å². The molecule has 10 heteroatoms. The first-order valence-corrected chi connectivity index (χ1v) is 12.0. The molecule has 34 heavy (non-hydrogen) atoms. The second-order valence-electron chi connectivity index (χ2n) is 8.21. The standard InChI is InChI=1S/C24H22N2O7S/c1-24(2)32-20-8-6-16(13-22(20)33-24)25-23(27)15-4-3-5-17(12-15)26-34(28,29)18-7-9-19-21(14-18)31-11-10-30-19/h3-9,12-14,26H,10-11H2,1-2H3,(H,25,27). The summed E-state index contributed by atoms with van der Waals surface area (Å²) in [7, 11) is -3.91. The van der Waals surface area contributed by atoms with Crippen LogP contribution >= 0.6 is 0 Å². The van der Waals surface area contributed by atoms with Crippen LogP contribution in [0.25, 0.3) is 0 Å². The summed E-state index contributed by atoms with van der Waals surface area (Å²) >= 11 is 0. The number of anilines is 2. The third-order valence-corrected chi connectivity index (χ3v) is 6.49. The molecule has 0 saturated heterocycles. The van der Waals surface area contributed by atoms with Crippen LogP contribution in [0.5, 0.6) is 23.0 Å². The number of carbonyl (C=O) groups excluding carboxylic acids is 1. The molecule has 2 aliphatic heterocycles. The Morgan fingerprint density at radius 1 is 0.824 bits per heavy atom. The lowest BCUT2D eigenvalue weighted by Crippen LogP contribution is -2.29. The summed E-state index contributed by atoms with van der Waals surface area (Å²) < 4.78 is 50.5. The van der Waals surface area contributed by atoms with Gasteiger partial charge in [-0.25, -0.2) is 8.42 Å². The monoisotopic (exact) mass is 482 g/mol. The van der Waals surface area contributed by atoms with Crippen molar-refractivity contribution < 1.29 is 32.2 Å². The lowest BCUT2D eigenvalue weighted by Gasteiger charge is -2.19. The minimum absolute atomic E-state index is 0.0230. The average Bonchev–Trinajstić information content (AvgIpc) is 3.11. The Morgan fingerprint density at radius 2 is 1.56 bits per heavy atom. The van der Waals surface area contributed by atoms with Gasteiger partial charge in [0.15, 0.2) is 23.0 Å². The minimum Gasteiger partial charge on any atom is -0.486 e. The molecule has 0 atom stereocenters. The molecule has 0 spiro atoms. The Labute approximate surface area is 196 Å².